The van der Waals surface area contributed by atoms with Crippen LogP contribution in [-0.2, 0) is 16.3 Å². The van der Waals surface area contributed by atoms with E-state index in [2.05, 4.69) is 6.07 Å². The molecule has 5 heteroatoms. The lowest BCUT2D eigenvalue weighted by Gasteiger charge is -2.44. The minimum Gasteiger partial charge on any atom is -0.389 e. The Kier molecular flexibility index (Phi) is 3.54. The molecule has 3 rings (SSSR count). The average molecular weight is 305 g/mol. The summed E-state index contributed by atoms with van der Waals surface area (Å²) in [7, 11) is -3.05. The first-order chi connectivity index (χ1) is 9.93. The van der Waals surface area contributed by atoms with Crippen LogP contribution in [0, 0.1) is 11.3 Å². The first kappa shape index (κ1) is 14.6. The molecule has 0 aromatic heterocycles. The van der Waals surface area contributed by atoms with Gasteiger partial charge >= 0.3 is 0 Å². The number of hydrogen-bond acceptors (Lipinski definition) is 4. The number of aliphatic hydroxyl groups is 1. The van der Waals surface area contributed by atoms with Gasteiger partial charge in [-0.2, -0.15) is 5.26 Å². The zero-order chi connectivity index (χ0) is 15.1. The van der Waals surface area contributed by atoms with Crippen LogP contribution in [0.1, 0.15) is 43.2 Å². The Bertz CT molecular complexity index is 670. The lowest BCUT2D eigenvalue weighted by atomic mass is 9.81. The van der Waals surface area contributed by atoms with Crippen molar-refractivity contribution in [3.05, 3.63) is 35.4 Å². The van der Waals surface area contributed by atoms with E-state index < -0.39 is 25.9 Å². The van der Waals surface area contributed by atoms with E-state index in [4.69, 9.17) is 5.26 Å². The predicted molar refractivity (Wildman–Crippen MR) is 79.4 cm³/mol. The van der Waals surface area contributed by atoms with Gasteiger partial charge in [-0.05, 0) is 43.4 Å². The molecule has 0 amide bonds. The van der Waals surface area contributed by atoms with E-state index >= 15 is 0 Å². The van der Waals surface area contributed by atoms with Crippen LogP contribution in [0.3, 0.4) is 0 Å². The third-order valence-electron chi connectivity index (χ3n) is 4.79. The molecular weight excluding hydrogens is 286 g/mol. The van der Waals surface area contributed by atoms with Gasteiger partial charge in [-0.3, -0.25) is 0 Å². The Hall–Kier alpha value is -1.38. The zero-order valence-electron chi connectivity index (χ0n) is 11.8. The monoisotopic (exact) mass is 305 g/mol. The molecule has 2 fully saturated rings. The molecule has 2 aliphatic heterocycles. The molecule has 112 valence electrons. The summed E-state index contributed by atoms with van der Waals surface area (Å²) in [6.45, 7) is 0. The van der Waals surface area contributed by atoms with E-state index in [0.717, 1.165) is 12.0 Å². The Morgan fingerprint density at radius 1 is 1.29 bits per heavy atom. The van der Waals surface area contributed by atoms with Gasteiger partial charge in [-0.25, -0.2) is 8.42 Å². The molecule has 0 spiro atoms. The molecule has 2 unspecified atom stereocenters. The van der Waals surface area contributed by atoms with Gasteiger partial charge in [0.1, 0.15) is 0 Å². The summed E-state index contributed by atoms with van der Waals surface area (Å²) in [6.07, 6.45) is 3.34. The Labute approximate surface area is 125 Å². The molecule has 21 heavy (non-hydrogen) atoms. The van der Waals surface area contributed by atoms with Crippen LogP contribution in [0.5, 0.6) is 0 Å². The standard InChI is InChI=1S/C16H19NO3S/c17-11-13-4-1-3-12(7-13)8-16(18)9-14-5-2-6-15(10-16)21(14,19)20/h1,3-4,7,14-15,18H,2,5-6,8-10H2. The largest absolute Gasteiger partial charge is 0.389 e. The molecule has 0 radical (unpaired) electrons. The maximum Gasteiger partial charge on any atom is 0.156 e. The number of nitriles is 1. The van der Waals surface area contributed by atoms with Crippen molar-refractivity contribution in [2.75, 3.05) is 0 Å². The summed E-state index contributed by atoms with van der Waals surface area (Å²) < 4.78 is 24.6. The van der Waals surface area contributed by atoms with Crippen molar-refractivity contribution < 1.29 is 13.5 Å². The molecule has 2 aliphatic rings. The molecule has 4 nitrogen and oxygen atoms in total. The van der Waals surface area contributed by atoms with Gasteiger partial charge in [0.15, 0.2) is 9.84 Å². The van der Waals surface area contributed by atoms with Crippen molar-refractivity contribution in [1.82, 2.24) is 0 Å². The topological polar surface area (TPSA) is 78.2 Å². The maximum absolute atomic E-state index is 12.3. The number of sulfone groups is 1. The van der Waals surface area contributed by atoms with E-state index in [1.165, 1.54) is 0 Å². The van der Waals surface area contributed by atoms with Crippen LogP contribution in [0.15, 0.2) is 24.3 Å². The molecule has 1 aromatic carbocycles. The summed E-state index contributed by atoms with van der Waals surface area (Å²) in [6, 6.07) is 9.29. The quantitative estimate of drug-likeness (QED) is 0.906. The minimum absolute atomic E-state index is 0.322. The van der Waals surface area contributed by atoms with Crippen LogP contribution in [0.25, 0.3) is 0 Å². The van der Waals surface area contributed by atoms with Crippen molar-refractivity contribution in [3.63, 3.8) is 0 Å². The predicted octanol–water partition coefficient (Wildman–Crippen LogP) is 1.96. The second-order valence-electron chi connectivity index (χ2n) is 6.39. The number of hydrogen-bond donors (Lipinski definition) is 1. The summed E-state index contributed by atoms with van der Waals surface area (Å²) in [4.78, 5) is 0. The minimum atomic E-state index is -3.05. The lowest BCUT2D eigenvalue weighted by molar-refractivity contribution is 0.00989. The number of benzene rings is 1. The third kappa shape index (κ3) is 2.70. The first-order valence-corrected chi connectivity index (χ1v) is 8.98. The Balaban J connectivity index is 1.84. The fraction of sp³-hybridized carbons (Fsp3) is 0.562. The second-order valence-corrected chi connectivity index (χ2v) is 8.90. The molecule has 2 bridgehead atoms. The van der Waals surface area contributed by atoms with Crippen LogP contribution in [0.4, 0.5) is 0 Å². The van der Waals surface area contributed by atoms with Gasteiger partial charge < -0.3 is 5.11 Å². The molecule has 2 heterocycles. The van der Waals surface area contributed by atoms with Gasteiger partial charge in [0, 0.05) is 6.42 Å². The van der Waals surface area contributed by atoms with Crippen molar-refractivity contribution >= 4 is 9.84 Å². The number of nitrogens with zero attached hydrogens (tertiary/aromatic N) is 1. The lowest BCUT2D eigenvalue weighted by Crippen LogP contribution is -2.52. The molecular formula is C16H19NO3S. The molecule has 2 atom stereocenters. The highest BCUT2D eigenvalue weighted by molar-refractivity contribution is 7.92. The van der Waals surface area contributed by atoms with Crippen molar-refractivity contribution in [1.29, 1.82) is 5.26 Å². The molecule has 1 aromatic rings. The van der Waals surface area contributed by atoms with Crippen LogP contribution in [-0.4, -0.2) is 29.6 Å². The van der Waals surface area contributed by atoms with Gasteiger partial charge in [0.2, 0.25) is 0 Å². The summed E-state index contributed by atoms with van der Waals surface area (Å²) in [5, 5.41) is 19.0. The molecule has 2 saturated heterocycles. The van der Waals surface area contributed by atoms with E-state index in [-0.39, 0.29) is 0 Å². The van der Waals surface area contributed by atoms with Gasteiger partial charge in [0.25, 0.3) is 0 Å². The normalized spacial score (nSPS) is 34.1. The van der Waals surface area contributed by atoms with Crippen molar-refractivity contribution in [2.45, 2.75) is 54.6 Å². The average Bonchev–Trinajstić information content (AvgIpc) is 2.41. The fourth-order valence-electron chi connectivity index (χ4n) is 3.82. The van der Waals surface area contributed by atoms with E-state index in [9.17, 15) is 13.5 Å². The van der Waals surface area contributed by atoms with Gasteiger partial charge in [0.05, 0.1) is 27.7 Å². The Morgan fingerprint density at radius 3 is 2.57 bits per heavy atom. The molecule has 0 saturated carbocycles. The highest BCUT2D eigenvalue weighted by atomic mass is 32.2. The highest BCUT2D eigenvalue weighted by Gasteiger charge is 2.50. The van der Waals surface area contributed by atoms with Gasteiger partial charge in [-0.15, -0.1) is 0 Å². The summed E-state index contributed by atoms with van der Waals surface area (Å²) in [5.74, 6) is 0. The zero-order valence-corrected chi connectivity index (χ0v) is 12.6. The molecule has 1 N–H and O–H groups in total. The van der Waals surface area contributed by atoms with Crippen LogP contribution >= 0.6 is 0 Å². The van der Waals surface area contributed by atoms with E-state index in [1.807, 2.05) is 6.07 Å². The van der Waals surface area contributed by atoms with Crippen molar-refractivity contribution in [2.24, 2.45) is 0 Å². The summed E-state index contributed by atoms with van der Waals surface area (Å²) in [5.41, 5.74) is 0.503. The third-order valence-corrected chi connectivity index (χ3v) is 7.45. The number of rotatable bonds is 2. The first-order valence-electron chi connectivity index (χ1n) is 7.37. The second kappa shape index (κ2) is 5.11. The van der Waals surface area contributed by atoms with Crippen LogP contribution < -0.4 is 0 Å². The van der Waals surface area contributed by atoms with E-state index in [0.29, 0.717) is 37.7 Å². The Morgan fingerprint density at radius 2 is 1.95 bits per heavy atom. The highest BCUT2D eigenvalue weighted by Crippen LogP contribution is 2.42. The smallest absolute Gasteiger partial charge is 0.156 e. The SMILES string of the molecule is N#Cc1cccc(CC2(O)CC3CCCC(C2)S3(=O)=O)c1. The summed E-state index contributed by atoms with van der Waals surface area (Å²) >= 11 is 0. The number of fused-ring (bicyclic) bond motifs is 2. The van der Waals surface area contributed by atoms with Crippen molar-refractivity contribution in [3.8, 4) is 6.07 Å². The van der Waals surface area contributed by atoms with E-state index in [1.54, 1.807) is 18.2 Å². The fourth-order valence-corrected chi connectivity index (χ4v) is 6.44. The maximum atomic E-state index is 12.3. The molecule has 0 aliphatic carbocycles. The van der Waals surface area contributed by atoms with Crippen LogP contribution in [0.2, 0.25) is 0 Å². The van der Waals surface area contributed by atoms with Gasteiger partial charge in [-0.1, -0.05) is 18.6 Å².